The van der Waals surface area contributed by atoms with E-state index < -0.39 is 6.09 Å². The first-order valence-electron chi connectivity index (χ1n) is 3.88. The number of aromatic nitrogens is 1. The van der Waals surface area contributed by atoms with Crippen LogP contribution in [0.3, 0.4) is 0 Å². The molecule has 0 aliphatic rings. The van der Waals surface area contributed by atoms with Crippen molar-refractivity contribution in [1.82, 2.24) is 10.3 Å². The molecular formula is C8H12N2O3. The van der Waals surface area contributed by atoms with Crippen LogP contribution in [0.5, 0.6) is 0 Å². The van der Waals surface area contributed by atoms with Crippen LogP contribution in [0, 0.1) is 13.8 Å². The predicted octanol–water partition coefficient (Wildman–Crippen LogP) is 1.15. The molecule has 0 radical (unpaired) electrons. The van der Waals surface area contributed by atoms with Crippen molar-refractivity contribution in [2.24, 2.45) is 0 Å². The van der Waals surface area contributed by atoms with Crippen LogP contribution in [0.2, 0.25) is 0 Å². The number of nitrogens with one attached hydrogen (secondary N) is 1. The van der Waals surface area contributed by atoms with E-state index in [-0.39, 0.29) is 6.54 Å². The molecular weight excluding hydrogens is 172 g/mol. The van der Waals surface area contributed by atoms with Crippen molar-refractivity contribution in [3.8, 4) is 0 Å². The Labute approximate surface area is 76.1 Å². The molecule has 0 unspecified atom stereocenters. The zero-order valence-corrected chi connectivity index (χ0v) is 7.88. The number of carbonyl (C=O) groups excluding carboxylic acids is 1. The highest BCUT2D eigenvalue weighted by Gasteiger charge is 2.06. The first-order chi connectivity index (χ1) is 6.13. The molecule has 5 heteroatoms. The van der Waals surface area contributed by atoms with E-state index in [4.69, 9.17) is 4.42 Å². The van der Waals surface area contributed by atoms with Gasteiger partial charge in [-0.15, -0.1) is 0 Å². The fraction of sp³-hybridized carbons (Fsp3) is 0.500. The van der Waals surface area contributed by atoms with Crippen LogP contribution >= 0.6 is 0 Å². The molecule has 1 aromatic heterocycles. The topological polar surface area (TPSA) is 64.4 Å². The van der Waals surface area contributed by atoms with E-state index in [0.717, 1.165) is 11.5 Å². The fourth-order valence-electron chi connectivity index (χ4n) is 0.835. The van der Waals surface area contributed by atoms with Gasteiger partial charge in [-0.05, 0) is 13.8 Å². The maximum Gasteiger partial charge on any atom is 0.407 e. The highest BCUT2D eigenvalue weighted by molar-refractivity contribution is 5.66. The minimum atomic E-state index is -0.492. The van der Waals surface area contributed by atoms with Gasteiger partial charge in [-0.25, -0.2) is 9.78 Å². The van der Waals surface area contributed by atoms with Crippen LogP contribution in [0.25, 0.3) is 0 Å². The Bertz CT molecular complexity index is 287. The number of amides is 1. The Hall–Kier alpha value is -1.52. The van der Waals surface area contributed by atoms with Gasteiger partial charge in [-0.3, -0.25) is 0 Å². The summed E-state index contributed by atoms with van der Waals surface area (Å²) in [5, 5.41) is 2.47. The molecule has 0 atom stereocenters. The largest absolute Gasteiger partial charge is 0.453 e. The van der Waals surface area contributed by atoms with E-state index in [0.29, 0.717) is 5.89 Å². The molecule has 0 saturated carbocycles. The molecule has 1 amide bonds. The van der Waals surface area contributed by atoms with Crippen LogP contribution < -0.4 is 5.32 Å². The van der Waals surface area contributed by atoms with E-state index in [9.17, 15) is 4.79 Å². The Morgan fingerprint density at radius 2 is 2.31 bits per heavy atom. The number of oxazole rings is 1. The molecule has 72 valence electrons. The number of hydrogen-bond donors (Lipinski definition) is 1. The first kappa shape index (κ1) is 9.57. The number of carbonyl (C=O) groups is 1. The van der Waals surface area contributed by atoms with Crippen molar-refractivity contribution in [2.75, 3.05) is 7.11 Å². The monoisotopic (exact) mass is 184 g/mol. The molecule has 0 fully saturated rings. The van der Waals surface area contributed by atoms with Gasteiger partial charge < -0.3 is 14.5 Å². The molecule has 0 bridgehead atoms. The highest BCUT2D eigenvalue weighted by Crippen LogP contribution is 2.07. The predicted molar refractivity (Wildman–Crippen MR) is 45.2 cm³/mol. The zero-order chi connectivity index (χ0) is 9.84. The van der Waals surface area contributed by atoms with Crippen molar-refractivity contribution in [3.63, 3.8) is 0 Å². The third-order valence-corrected chi connectivity index (χ3v) is 1.64. The lowest BCUT2D eigenvalue weighted by molar-refractivity contribution is 0.169. The smallest absolute Gasteiger partial charge is 0.407 e. The summed E-state index contributed by atoms with van der Waals surface area (Å²) in [6.45, 7) is 3.92. The lowest BCUT2D eigenvalue weighted by Gasteiger charge is -1.98. The molecule has 1 N–H and O–H groups in total. The normalized spacial score (nSPS) is 9.77. The third kappa shape index (κ3) is 2.47. The van der Waals surface area contributed by atoms with Crippen LogP contribution in [0.15, 0.2) is 4.42 Å². The van der Waals surface area contributed by atoms with E-state index in [1.165, 1.54) is 7.11 Å². The van der Waals surface area contributed by atoms with Gasteiger partial charge in [0, 0.05) is 0 Å². The van der Waals surface area contributed by atoms with E-state index >= 15 is 0 Å². The number of rotatable bonds is 2. The molecule has 0 spiro atoms. The summed E-state index contributed by atoms with van der Waals surface area (Å²) in [5.41, 5.74) is 0.835. The number of ether oxygens (including phenoxy) is 1. The number of methoxy groups -OCH3 is 1. The average Bonchev–Trinajstić information content (AvgIpc) is 2.42. The lowest BCUT2D eigenvalue weighted by atomic mass is 10.4. The van der Waals surface area contributed by atoms with E-state index in [1.54, 1.807) is 0 Å². The molecule has 1 aromatic rings. The average molecular weight is 184 g/mol. The molecule has 1 rings (SSSR count). The molecule has 0 aromatic carbocycles. The molecule has 0 aliphatic heterocycles. The summed E-state index contributed by atoms with van der Waals surface area (Å²) in [5.74, 6) is 1.25. The second-order valence-corrected chi connectivity index (χ2v) is 2.59. The summed E-state index contributed by atoms with van der Waals surface area (Å²) >= 11 is 0. The summed E-state index contributed by atoms with van der Waals surface area (Å²) in [7, 11) is 1.31. The quantitative estimate of drug-likeness (QED) is 0.748. The first-order valence-corrected chi connectivity index (χ1v) is 3.88. The Balaban J connectivity index is 2.50. The second-order valence-electron chi connectivity index (χ2n) is 2.59. The molecule has 0 aliphatic carbocycles. The summed E-state index contributed by atoms with van der Waals surface area (Å²) in [6, 6.07) is 0. The third-order valence-electron chi connectivity index (χ3n) is 1.64. The lowest BCUT2D eigenvalue weighted by Crippen LogP contribution is -2.22. The van der Waals surface area contributed by atoms with Crippen molar-refractivity contribution in [2.45, 2.75) is 20.4 Å². The standard InChI is InChI=1S/C8H12N2O3/c1-5-6(2)13-7(10-5)4-9-8(11)12-3/h4H2,1-3H3,(H,9,11). The van der Waals surface area contributed by atoms with Gasteiger partial charge in [0.25, 0.3) is 0 Å². The van der Waals surface area contributed by atoms with Crippen molar-refractivity contribution >= 4 is 6.09 Å². The van der Waals surface area contributed by atoms with Crippen LogP contribution in [0.1, 0.15) is 17.3 Å². The van der Waals surface area contributed by atoms with Crippen LogP contribution in [0.4, 0.5) is 4.79 Å². The van der Waals surface area contributed by atoms with Crippen molar-refractivity contribution in [3.05, 3.63) is 17.3 Å². The maximum absolute atomic E-state index is 10.7. The number of aryl methyl sites for hydroxylation is 2. The van der Waals surface area contributed by atoms with Crippen LogP contribution in [-0.4, -0.2) is 18.2 Å². The molecule has 1 heterocycles. The maximum atomic E-state index is 10.7. The minimum Gasteiger partial charge on any atom is -0.453 e. The van der Waals surface area contributed by atoms with Crippen LogP contribution in [-0.2, 0) is 11.3 Å². The summed E-state index contributed by atoms with van der Waals surface area (Å²) in [4.78, 5) is 14.8. The molecule has 0 saturated heterocycles. The number of alkyl carbamates (subject to hydrolysis) is 1. The van der Waals surface area contributed by atoms with E-state index in [2.05, 4.69) is 15.0 Å². The van der Waals surface area contributed by atoms with E-state index in [1.807, 2.05) is 13.8 Å². The second kappa shape index (κ2) is 3.93. The fourth-order valence-corrected chi connectivity index (χ4v) is 0.835. The van der Waals surface area contributed by atoms with Gasteiger partial charge in [-0.1, -0.05) is 0 Å². The zero-order valence-electron chi connectivity index (χ0n) is 7.88. The molecule has 5 nitrogen and oxygen atoms in total. The summed E-state index contributed by atoms with van der Waals surface area (Å²) < 4.78 is 9.62. The molecule has 13 heavy (non-hydrogen) atoms. The number of nitrogens with zero attached hydrogens (tertiary/aromatic N) is 1. The Morgan fingerprint density at radius 3 is 2.77 bits per heavy atom. The summed E-state index contributed by atoms with van der Waals surface area (Å²) in [6.07, 6.45) is -0.492. The van der Waals surface area contributed by atoms with Gasteiger partial charge >= 0.3 is 6.09 Å². The Morgan fingerprint density at radius 1 is 1.62 bits per heavy atom. The SMILES string of the molecule is COC(=O)NCc1nc(C)c(C)o1. The van der Waals surface area contributed by atoms with Gasteiger partial charge in [0.05, 0.1) is 19.3 Å². The van der Waals surface area contributed by atoms with Crippen molar-refractivity contribution in [1.29, 1.82) is 0 Å². The van der Waals surface area contributed by atoms with Gasteiger partial charge in [0.2, 0.25) is 5.89 Å². The minimum absolute atomic E-state index is 0.251. The number of hydrogen-bond acceptors (Lipinski definition) is 4. The van der Waals surface area contributed by atoms with Gasteiger partial charge in [-0.2, -0.15) is 0 Å². The van der Waals surface area contributed by atoms with Crippen molar-refractivity contribution < 1.29 is 13.9 Å². The Kier molecular flexibility index (Phi) is 2.89. The highest BCUT2D eigenvalue weighted by atomic mass is 16.5. The van der Waals surface area contributed by atoms with Gasteiger partial charge in [0.15, 0.2) is 0 Å². The van der Waals surface area contributed by atoms with Gasteiger partial charge in [0.1, 0.15) is 5.76 Å².